The maximum Gasteiger partial charge on any atom is 0.227 e. The average molecular weight is 314 g/mol. The number of nitrogens with one attached hydrogen (secondary N) is 3. The molecule has 1 aromatic carbocycles. The highest BCUT2D eigenvalue weighted by Crippen LogP contribution is 2.29. The van der Waals surface area contributed by atoms with Crippen LogP contribution < -0.4 is 16.0 Å². The highest BCUT2D eigenvalue weighted by Gasteiger charge is 2.33. The molecule has 0 saturated heterocycles. The van der Waals surface area contributed by atoms with Crippen molar-refractivity contribution in [1.29, 1.82) is 0 Å². The van der Waals surface area contributed by atoms with Gasteiger partial charge in [-0.2, -0.15) is 0 Å². The number of amides is 1. The normalized spacial score (nSPS) is 23.8. The number of carbonyl (C=O) groups excluding carboxylic acids is 1. The molecule has 0 heterocycles. The van der Waals surface area contributed by atoms with Gasteiger partial charge in [0.2, 0.25) is 5.91 Å². The Balaban J connectivity index is 1.51. The zero-order chi connectivity index (χ0) is 16.2. The number of aliphatic imine (C=N–C) groups is 1. The average Bonchev–Trinajstić information content (AvgIpc) is 3.17. The summed E-state index contributed by atoms with van der Waals surface area (Å²) in [5, 5.41) is 9.76. The van der Waals surface area contributed by atoms with Gasteiger partial charge in [0.1, 0.15) is 0 Å². The van der Waals surface area contributed by atoms with Gasteiger partial charge in [0.15, 0.2) is 5.96 Å². The molecule has 1 aromatic rings. The molecule has 2 saturated carbocycles. The maximum absolute atomic E-state index is 12.0. The largest absolute Gasteiger partial charge is 0.353 e. The lowest BCUT2D eigenvalue weighted by molar-refractivity contribution is -0.122. The van der Waals surface area contributed by atoms with Crippen LogP contribution >= 0.6 is 0 Å². The van der Waals surface area contributed by atoms with Crippen LogP contribution in [0.1, 0.15) is 38.2 Å². The van der Waals surface area contributed by atoms with E-state index in [4.69, 9.17) is 0 Å². The second-order valence-electron chi connectivity index (χ2n) is 6.71. The monoisotopic (exact) mass is 314 g/mol. The minimum atomic E-state index is 0.154. The van der Waals surface area contributed by atoms with Crippen molar-refractivity contribution in [3.63, 3.8) is 0 Å². The summed E-state index contributed by atoms with van der Waals surface area (Å²) in [4.78, 5) is 16.3. The first-order valence-electron chi connectivity index (χ1n) is 8.52. The van der Waals surface area contributed by atoms with E-state index in [0.29, 0.717) is 12.6 Å². The predicted molar refractivity (Wildman–Crippen MR) is 93.3 cm³/mol. The van der Waals surface area contributed by atoms with Gasteiger partial charge in [-0.15, -0.1) is 0 Å². The molecule has 2 unspecified atom stereocenters. The second-order valence-corrected chi connectivity index (χ2v) is 6.71. The topological polar surface area (TPSA) is 65.5 Å². The molecule has 1 amide bonds. The third-order valence-electron chi connectivity index (χ3n) is 4.79. The van der Waals surface area contributed by atoms with Crippen LogP contribution in [-0.4, -0.2) is 25.0 Å². The second kappa shape index (κ2) is 7.02. The van der Waals surface area contributed by atoms with Gasteiger partial charge in [-0.1, -0.05) is 25.5 Å². The van der Waals surface area contributed by atoms with Crippen LogP contribution in [-0.2, 0) is 11.3 Å². The molecule has 0 radical (unpaired) electrons. The number of hydrogen-bond donors (Lipinski definition) is 3. The van der Waals surface area contributed by atoms with Gasteiger partial charge in [0.25, 0.3) is 0 Å². The highest BCUT2D eigenvalue weighted by molar-refractivity contribution is 5.93. The van der Waals surface area contributed by atoms with E-state index in [1.54, 1.807) is 7.05 Å². The molecule has 124 valence electrons. The van der Waals surface area contributed by atoms with Gasteiger partial charge in [0.05, 0.1) is 0 Å². The first-order chi connectivity index (χ1) is 11.2. The molecule has 0 aliphatic heterocycles. The summed E-state index contributed by atoms with van der Waals surface area (Å²) < 4.78 is 0. The fourth-order valence-corrected chi connectivity index (χ4v) is 2.75. The fraction of sp³-hybridized carbons (Fsp3) is 0.556. The van der Waals surface area contributed by atoms with E-state index in [-0.39, 0.29) is 11.8 Å². The van der Waals surface area contributed by atoms with Crippen molar-refractivity contribution in [3.8, 4) is 0 Å². The Kier molecular flexibility index (Phi) is 4.84. The molecule has 2 atom stereocenters. The minimum absolute atomic E-state index is 0.154. The molecule has 3 rings (SSSR count). The smallest absolute Gasteiger partial charge is 0.227 e. The van der Waals surface area contributed by atoms with E-state index in [9.17, 15) is 4.79 Å². The van der Waals surface area contributed by atoms with E-state index >= 15 is 0 Å². The lowest BCUT2D eigenvalue weighted by atomic mass is 9.85. The van der Waals surface area contributed by atoms with E-state index in [2.05, 4.69) is 33.9 Å². The Morgan fingerprint density at radius 2 is 2.13 bits per heavy atom. The summed E-state index contributed by atoms with van der Waals surface area (Å²) in [5.41, 5.74) is 2.00. The number of rotatable bonds is 5. The molecule has 2 fully saturated rings. The summed E-state index contributed by atoms with van der Waals surface area (Å²) in [6, 6.07) is 8.55. The Morgan fingerprint density at radius 1 is 1.35 bits per heavy atom. The number of anilines is 1. The van der Waals surface area contributed by atoms with Gasteiger partial charge in [-0.25, -0.2) is 0 Å². The quantitative estimate of drug-likeness (QED) is 0.578. The van der Waals surface area contributed by atoms with Crippen molar-refractivity contribution in [2.75, 3.05) is 12.4 Å². The van der Waals surface area contributed by atoms with Gasteiger partial charge in [-0.3, -0.25) is 9.79 Å². The Hall–Kier alpha value is -2.04. The Labute approximate surface area is 138 Å². The predicted octanol–water partition coefficient (Wildman–Crippen LogP) is 2.50. The third kappa shape index (κ3) is 4.24. The zero-order valence-corrected chi connectivity index (χ0v) is 13.9. The van der Waals surface area contributed by atoms with Crippen LogP contribution in [0, 0.1) is 11.8 Å². The fourth-order valence-electron chi connectivity index (χ4n) is 2.75. The number of carbonyl (C=O) groups is 1. The SMILES string of the molecule is CN=C(NCc1cccc(NC(=O)C2CCC2)c1)NC1CC1C. The summed E-state index contributed by atoms with van der Waals surface area (Å²) in [5.74, 6) is 1.93. The van der Waals surface area contributed by atoms with Gasteiger partial charge in [0, 0.05) is 31.2 Å². The summed E-state index contributed by atoms with van der Waals surface area (Å²) in [7, 11) is 1.79. The number of guanidine groups is 1. The van der Waals surface area contributed by atoms with Crippen LogP contribution in [0.15, 0.2) is 29.3 Å². The molecule has 2 aliphatic carbocycles. The number of benzene rings is 1. The number of hydrogen-bond acceptors (Lipinski definition) is 2. The van der Waals surface area contributed by atoms with Crippen molar-refractivity contribution in [1.82, 2.24) is 10.6 Å². The van der Waals surface area contributed by atoms with Gasteiger partial charge in [-0.05, 0) is 42.9 Å². The van der Waals surface area contributed by atoms with Crippen molar-refractivity contribution in [3.05, 3.63) is 29.8 Å². The van der Waals surface area contributed by atoms with E-state index < -0.39 is 0 Å². The minimum Gasteiger partial charge on any atom is -0.353 e. The van der Waals surface area contributed by atoms with Gasteiger partial charge >= 0.3 is 0 Å². The molecule has 2 aliphatic rings. The lowest BCUT2D eigenvalue weighted by Crippen LogP contribution is -2.38. The number of nitrogens with zero attached hydrogens (tertiary/aromatic N) is 1. The van der Waals surface area contributed by atoms with Crippen molar-refractivity contribution in [2.45, 2.75) is 45.2 Å². The summed E-state index contributed by atoms with van der Waals surface area (Å²) >= 11 is 0. The van der Waals surface area contributed by atoms with Crippen LogP contribution in [0.5, 0.6) is 0 Å². The molecule has 5 heteroatoms. The lowest BCUT2D eigenvalue weighted by Gasteiger charge is -2.24. The molecular weight excluding hydrogens is 288 g/mol. The Bertz CT molecular complexity index is 594. The summed E-state index contributed by atoms with van der Waals surface area (Å²) in [6.45, 7) is 2.92. The van der Waals surface area contributed by atoms with Crippen LogP contribution in [0.25, 0.3) is 0 Å². The molecule has 0 aromatic heterocycles. The zero-order valence-electron chi connectivity index (χ0n) is 13.9. The first-order valence-corrected chi connectivity index (χ1v) is 8.52. The molecule has 0 bridgehead atoms. The molecular formula is C18H26N4O. The first kappa shape index (κ1) is 15.8. The van der Waals surface area contributed by atoms with E-state index in [1.165, 1.54) is 12.8 Å². The van der Waals surface area contributed by atoms with E-state index in [0.717, 1.165) is 36.0 Å². The van der Waals surface area contributed by atoms with Crippen LogP contribution in [0.3, 0.4) is 0 Å². The van der Waals surface area contributed by atoms with Crippen molar-refractivity contribution >= 4 is 17.6 Å². The van der Waals surface area contributed by atoms with Crippen LogP contribution in [0.4, 0.5) is 5.69 Å². The van der Waals surface area contributed by atoms with Gasteiger partial charge < -0.3 is 16.0 Å². The molecule has 23 heavy (non-hydrogen) atoms. The maximum atomic E-state index is 12.0. The standard InChI is InChI=1S/C18H26N4O/c1-12-9-16(12)22-18(19-2)20-11-13-5-3-8-15(10-13)21-17(23)14-6-4-7-14/h3,5,8,10,12,14,16H,4,6-7,9,11H2,1-2H3,(H,21,23)(H2,19,20,22). The summed E-state index contributed by atoms with van der Waals surface area (Å²) in [6.07, 6.45) is 4.43. The van der Waals surface area contributed by atoms with Crippen molar-refractivity contribution < 1.29 is 4.79 Å². The Morgan fingerprint density at radius 3 is 2.74 bits per heavy atom. The van der Waals surface area contributed by atoms with Crippen LogP contribution in [0.2, 0.25) is 0 Å². The molecule has 0 spiro atoms. The van der Waals surface area contributed by atoms with Crippen molar-refractivity contribution in [2.24, 2.45) is 16.8 Å². The third-order valence-corrected chi connectivity index (χ3v) is 4.79. The highest BCUT2D eigenvalue weighted by atomic mass is 16.1. The molecule has 5 nitrogen and oxygen atoms in total. The van der Waals surface area contributed by atoms with E-state index in [1.807, 2.05) is 18.2 Å². The molecule has 3 N–H and O–H groups in total.